The smallest absolute Gasteiger partial charge is 0.227 e. The van der Waals surface area contributed by atoms with Crippen LogP contribution < -0.4 is 10.6 Å². The SMILES string of the molecule is CNCCC(=O)Nc1nccn1Cc1ccccc1Cl. The molecule has 1 aromatic heterocycles. The van der Waals surface area contributed by atoms with Crippen molar-refractivity contribution in [2.45, 2.75) is 13.0 Å². The number of hydrogen-bond acceptors (Lipinski definition) is 3. The highest BCUT2D eigenvalue weighted by molar-refractivity contribution is 6.31. The van der Waals surface area contributed by atoms with Gasteiger partial charge in [0.1, 0.15) is 0 Å². The van der Waals surface area contributed by atoms with Gasteiger partial charge in [-0.3, -0.25) is 10.1 Å². The zero-order chi connectivity index (χ0) is 14.4. The summed E-state index contributed by atoms with van der Waals surface area (Å²) in [6.07, 6.45) is 3.89. The summed E-state index contributed by atoms with van der Waals surface area (Å²) in [6.45, 7) is 1.21. The quantitative estimate of drug-likeness (QED) is 0.857. The molecule has 20 heavy (non-hydrogen) atoms. The topological polar surface area (TPSA) is 59.0 Å². The van der Waals surface area contributed by atoms with Crippen LogP contribution in [0.2, 0.25) is 5.02 Å². The summed E-state index contributed by atoms with van der Waals surface area (Å²) in [7, 11) is 1.81. The number of amides is 1. The van der Waals surface area contributed by atoms with E-state index in [0.717, 1.165) is 5.56 Å². The maximum atomic E-state index is 11.7. The highest BCUT2D eigenvalue weighted by atomic mass is 35.5. The molecule has 0 aliphatic carbocycles. The average molecular weight is 293 g/mol. The second-order valence-electron chi connectivity index (χ2n) is 4.37. The first-order valence-corrected chi connectivity index (χ1v) is 6.77. The lowest BCUT2D eigenvalue weighted by atomic mass is 10.2. The standard InChI is InChI=1S/C14H17ClN4O/c1-16-7-6-13(20)18-14-17-8-9-19(14)10-11-4-2-3-5-12(11)15/h2-5,8-9,16H,6-7,10H2,1H3,(H,17,18,20). The van der Waals surface area contributed by atoms with Crippen molar-refractivity contribution in [3.63, 3.8) is 0 Å². The van der Waals surface area contributed by atoms with Crippen LogP contribution >= 0.6 is 11.6 Å². The minimum atomic E-state index is -0.0639. The van der Waals surface area contributed by atoms with Crippen LogP contribution in [0.3, 0.4) is 0 Å². The molecule has 1 amide bonds. The number of benzene rings is 1. The van der Waals surface area contributed by atoms with Gasteiger partial charge >= 0.3 is 0 Å². The zero-order valence-corrected chi connectivity index (χ0v) is 12.0. The summed E-state index contributed by atoms with van der Waals surface area (Å²) in [6, 6.07) is 7.62. The minimum absolute atomic E-state index is 0.0639. The largest absolute Gasteiger partial charge is 0.319 e. The van der Waals surface area contributed by atoms with Crippen molar-refractivity contribution in [1.29, 1.82) is 0 Å². The lowest BCUT2D eigenvalue weighted by molar-refractivity contribution is -0.116. The average Bonchev–Trinajstić information content (AvgIpc) is 2.86. The molecule has 0 spiro atoms. The molecule has 2 N–H and O–H groups in total. The number of rotatable bonds is 6. The molecular formula is C14H17ClN4O. The molecule has 5 nitrogen and oxygen atoms in total. The van der Waals surface area contributed by atoms with Gasteiger partial charge in [-0.1, -0.05) is 29.8 Å². The van der Waals surface area contributed by atoms with Crippen LogP contribution in [0.15, 0.2) is 36.7 Å². The van der Waals surface area contributed by atoms with Gasteiger partial charge in [0.05, 0.1) is 6.54 Å². The molecule has 6 heteroatoms. The molecule has 0 saturated heterocycles. The van der Waals surface area contributed by atoms with Gasteiger partial charge in [-0.2, -0.15) is 0 Å². The van der Waals surface area contributed by atoms with Crippen molar-refractivity contribution in [1.82, 2.24) is 14.9 Å². The molecule has 0 radical (unpaired) electrons. The van der Waals surface area contributed by atoms with Crippen LogP contribution in [0.25, 0.3) is 0 Å². The second-order valence-corrected chi connectivity index (χ2v) is 4.78. The lowest BCUT2D eigenvalue weighted by Crippen LogP contribution is -2.20. The van der Waals surface area contributed by atoms with E-state index >= 15 is 0 Å². The summed E-state index contributed by atoms with van der Waals surface area (Å²) in [5, 5.41) is 6.43. The number of hydrogen-bond donors (Lipinski definition) is 2. The van der Waals surface area contributed by atoms with E-state index in [2.05, 4.69) is 15.6 Å². The molecule has 0 aliphatic heterocycles. The third-order valence-electron chi connectivity index (χ3n) is 2.87. The Morgan fingerprint density at radius 2 is 2.20 bits per heavy atom. The number of carbonyl (C=O) groups is 1. The number of nitrogens with zero attached hydrogens (tertiary/aromatic N) is 2. The number of halogens is 1. The first-order valence-electron chi connectivity index (χ1n) is 6.39. The fraction of sp³-hybridized carbons (Fsp3) is 0.286. The number of anilines is 1. The molecule has 0 aliphatic rings. The van der Waals surface area contributed by atoms with E-state index < -0.39 is 0 Å². The molecule has 0 saturated carbocycles. The minimum Gasteiger partial charge on any atom is -0.319 e. The van der Waals surface area contributed by atoms with Crippen LogP contribution in [0, 0.1) is 0 Å². The van der Waals surface area contributed by atoms with Crippen molar-refractivity contribution in [3.8, 4) is 0 Å². The van der Waals surface area contributed by atoms with E-state index in [4.69, 9.17) is 11.6 Å². The summed E-state index contributed by atoms with van der Waals surface area (Å²) in [5.41, 5.74) is 0.984. The van der Waals surface area contributed by atoms with Gasteiger partial charge in [-0.15, -0.1) is 0 Å². The maximum Gasteiger partial charge on any atom is 0.227 e. The predicted molar refractivity (Wildman–Crippen MR) is 80.0 cm³/mol. The van der Waals surface area contributed by atoms with Gasteiger partial charge in [0.25, 0.3) is 0 Å². The van der Waals surface area contributed by atoms with Gasteiger partial charge in [-0.05, 0) is 18.7 Å². The van der Waals surface area contributed by atoms with E-state index in [1.165, 1.54) is 0 Å². The second kappa shape index (κ2) is 7.07. The molecule has 0 atom stereocenters. The first-order chi connectivity index (χ1) is 9.70. The summed E-state index contributed by atoms with van der Waals surface area (Å²) in [5.74, 6) is 0.469. The number of aromatic nitrogens is 2. The third-order valence-corrected chi connectivity index (χ3v) is 3.24. The maximum absolute atomic E-state index is 11.7. The number of imidazole rings is 1. The summed E-state index contributed by atoms with van der Waals surface area (Å²) < 4.78 is 1.86. The Hall–Kier alpha value is -1.85. The Bertz CT molecular complexity index is 582. The zero-order valence-electron chi connectivity index (χ0n) is 11.3. The molecular weight excluding hydrogens is 276 g/mol. The van der Waals surface area contributed by atoms with Gasteiger partial charge in [-0.25, -0.2) is 4.98 Å². The fourth-order valence-electron chi connectivity index (χ4n) is 1.80. The van der Waals surface area contributed by atoms with E-state index in [9.17, 15) is 4.79 Å². The highest BCUT2D eigenvalue weighted by Gasteiger charge is 2.08. The Labute approximate surface area is 123 Å². The van der Waals surface area contributed by atoms with Crippen molar-refractivity contribution in [2.75, 3.05) is 18.9 Å². The van der Waals surface area contributed by atoms with E-state index in [-0.39, 0.29) is 5.91 Å². The Morgan fingerprint density at radius 1 is 1.40 bits per heavy atom. The predicted octanol–water partition coefficient (Wildman–Crippen LogP) is 2.13. The fourth-order valence-corrected chi connectivity index (χ4v) is 1.99. The molecule has 0 unspecified atom stereocenters. The Morgan fingerprint density at radius 3 is 2.95 bits per heavy atom. The van der Waals surface area contributed by atoms with Crippen molar-refractivity contribution in [2.24, 2.45) is 0 Å². The first kappa shape index (κ1) is 14.6. The molecule has 2 aromatic rings. The van der Waals surface area contributed by atoms with Crippen molar-refractivity contribution < 1.29 is 4.79 Å². The van der Waals surface area contributed by atoms with Crippen molar-refractivity contribution >= 4 is 23.5 Å². The molecule has 1 aromatic carbocycles. The summed E-state index contributed by atoms with van der Waals surface area (Å²) in [4.78, 5) is 15.9. The van der Waals surface area contributed by atoms with Gasteiger partial charge in [0, 0.05) is 30.4 Å². The van der Waals surface area contributed by atoms with Crippen LogP contribution in [0.1, 0.15) is 12.0 Å². The van der Waals surface area contributed by atoms with Gasteiger partial charge < -0.3 is 9.88 Å². The molecule has 1 heterocycles. The lowest BCUT2D eigenvalue weighted by Gasteiger charge is -2.10. The van der Waals surface area contributed by atoms with E-state index in [0.29, 0.717) is 30.5 Å². The molecule has 0 fully saturated rings. The number of nitrogens with one attached hydrogen (secondary N) is 2. The van der Waals surface area contributed by atoms with Crippen LogP contribution in [-0.4, -0.2) is 29.1 Å². The molecule has 2 rings (SSSR count). The molecule has 0 bridgehead atoms. The summed E-state index contributed by atoms with van der Waals surface area (Å²) >= 11 is 6.14. The van der Waals surface area contributed by atoms with E-state index in [1.807, 2.05) is 42.1 Å². The number of carbonyl (C=O) groups excluding carboxylic acids is 1. The normalized spacial score (nSPS) is 10.5. The third kappa shape index (κ3) is 3.82. The highest BCUT2D eigenvalue weighted by Crippen LogP contribution is 2.18. The monoisotopic (exact) mass is 292 g/mol. The van der Waals surface area contributed by atoms with Crippen LogP contribution in [0.5, 0.6) is 0 Å². The molecule has 106 valence electrons. The van der Waals surface area contributed by atoms with Crippen LogP contribution in [0.4, 0.5) is 5.95 Å². The van der Waals surface area contributed by atoms with Gasteiger partial charge in [0.2, 0.25) is 11.9 Å². The Balaban J connectivity index is 2.05. The Kier molecular flexibility index (Phi) is 5.15. The van der Waals surface area contributed by atoms with E-state index in [1.54, 1.807) is 6.20 Å². The van der Waals surface area contributed by atoms with Crippen LogP contribution in [-0.2, 0) is 11.3 Å². The van der Waals surface area contributed by atoms with Gasteiger partial charge in [0.15, 0.2) is 0 Å². The van der Waals surface area contributed by atoms with Crippen molar-refractivity contribution in [3.05, 3.63) is 47.2 Å².